The summed E-state index contributed by atoms with van der Waals surface area (Å²) >= 11 is 1.16. The fourth-order valence-electron chi connectivity index (χ4n) is 1.82. The van der Waals surface area contributed by atoms with E-state index in [1.54, 1.807) is 12.1 Å². The van der Waals surface area contributed by atoms with Crippen LogP contribution in [0.4, 0.5) is 0 Å². The number of carbonyl (C=O) groups excluding carboxylic acids is 1. The van der Waals surface area contributed by atoms with Gasteiger partial charge in [0.15, 0.2) is 10.8 Å². The van der Waals surface area contributed by atoms with Crippen molar-refractivity contribution < 1.29 is 19.1 Å². The van der Waals surface area contributed by atoms with Crippen molar-refractivity contribution in [3.05, 3.63) is 29.5 Å². The molecule has 2 heterocycles. The molecule has 7 heteroatoms. The summed E-state index contributed by atoms with van der Waals surface area (Å²) in [7, 11) is 0. The number of hydrogen-bond donors (Lipinski definition) is 2. The lowest BCUT2D eigenvalue weighted by molar-refractivity contribution is -0.139. The third-order valence-electron chi connectivity index (χ3n) is 2.77. The Morgan fingerprint density at radius 2 is 2.24 bits per heavy atom. The number of thiazole rings is 1. The van der Waals surface area contributed by atoms with Crippen LogP contribution in [0.1, 0.15) is 29.9 Å². The number of rotatable bonds is 6. The van der Waals surface area contributed by atoms with Gasteiger partial charge in [0.25, 0.3) is 5.91 Å². The van der Waals surface area contributed by atoms with Gasteiger partial charge in [-0.25, -0.2) is 9.78 Å². The minimum atomic E-state index is -1.03. The maximum Gasteiger partial charge on any atom is 0.326 e. The van der Waals surface area contributed by atoms with E-state index in [1.165, 1.54) is 12.5 Å². The molecule has 0 spiro atoms. The zero-order chi connectivity index (χ0) is 15.4. The molecule has 2 N–H and O–H groups in total. The molecule has 0 aliphatic carbocycles. The highest BCUT2D eigenvalue weighted by Crippen LogP contribution is 2.25. The molecule has 0 saturated carbocycles. The van der Waals surface area contributed by atoms with Crippen LogP contribution < -0.4 is 5.32 Å². The second kappa shape index (κ2) is 6.53. The maximum absolute atomic E-state index is 12.1. The van der Waals surface area contributed by atoms with Gasteiger partial charge in [0.2, 0.25) is 0 Å². The van der Waals surface area contributed by atoms with E-state index in [0.29, 0.717) is 22.1 Å². The van der Waals surface area contributed by atoms with Crippen molar-refractivity contribution in [2.24, 2.45) is 5.92 Å². The minimum Gasteiger partial charge on any atom is -0.480 e. The van der Waals surface area contributed by atoms with Gasteiger partial charge in [-0.15, -0.1) is 11.3 Å². The second-order valence-electron chi connectivity index (χ2n) is 5.00. The fraction of sp³-hybridized carbons (Fsp3) is 0.357. The molecule has 1 amide bonds. The summed E-state index contributed by atoms with van der Waals surface area (Å²) in [5.41, 5.74) is 0. The van der Waals surface area contributed by atoms with E-state index < -0.39 is 17.9 Å². The van der Waals surface area contributed by atoms with Gasteiger partial charge in [-0.05, 0) is 24.5 Å². The summed E-state index contributed by atoms with van der Waals surface area (Å²) in [6.07, 6.45) is 3.33. The molecule has 21 heavy (non-hydrogen) atoms. The lowest BCUT2D eigenvalue weighted by Gasteiger charge is -2.15. The molecule has 0 fully saturated rings. The topological polar surface area (TPSA) is 92.4 Å². The Hall–Kier alpha value is -2.15. The van der Waals surface area contributed by atoms with Crippen LogP contribution in [0.25, 0.3) is 10.8 Å². The average Bonchev–Trinajstić information content (AvgIpc) is 3.08. The first-order valence-corrected chi connectivity index (χ1v) is 7.32. The molecule has 0 aliphatic rings. The van der Waals surface area contributed by atoms with Crippen molar-refractivity contribution in [3.8, 4) is 10.8 Å². The largest absolute Gasteiger partial charge is 0.480 e. The first kappa shape index (κ1) is 15.2. The molecule has 112 valence electrons. The van der Waals surface area contributed by atoms with Crippen molar-refractivity contribution >= 4 is 23.2 Å². The molecular weight excluding hydrogens is 292 g/mol. The Morgan fingerprint density at radius 3 is 2.81 bits per heavy atom. The molecule has 0 aromatic carbocycles. The molecule has 1 atom stereocenters. The van der Waals surface area contributed by atoms with E-state index >= 15 is 0 Å². The third kappa shape index (κ3) is 3.91. The number of furan rings is 1. The Morgan fingerprint density at radius 1 is 1.48 bits per heavy atom. The summed E-state index contributed by atoms with van der Waals surface area (Å²) in [5.74, 6) is -0.714. The Kier molecular flexibility index (Phi) is 4.74. The molecule has 0 aliphatic heterocycles. The lowest BCUT2D eigenvalue weighted by atomic mass is 10.0. The number of carboxylic acids is 1. The van der Waals surface area contributed by atoms with E-state index in [2.05, 4.69) is 10.3 Å². The number of carboxylic acid groups (broad SMARTS) is 1. The third-order valence-corrected chi connectivity index (χ3v) is 3.78. The van der Waals surface area contributed by atoms with Gasteiger partial charge in [-0.2, -0.15) is 0 Å². The molecular formula is C14H16N2O4S. The average molecular weight is 308 g/mol. The number of nitrogens with one attached hydrogen (secondary N) is 1. The van der Waals surface area contributed by atoms with Gasteiger partial charge < -0.3 is 14.8 Å². The molecule has 2 rings (SSSR count). The number of carbonyl (C=O) groups is 2. The van der Waals surface area contributed by atoms with Crippen molar-refractivity contribution in [2.45, 2.75) is 26.3 Å². The van der Waals surface area contributed by atoms with Crippen molar-refractivity contribution in [1.82, 2.24) is 10.3 Å². The lowest BCUT2D eigenvalue weighted by Crippen LogP contribution is -2.41. The van der Waals surface area contributed by atoms with Gasteiger partial charge in [0.1, 0.15) is 10.9 Å². The zero-order valence-corrected chi connectivity index (χ0v) is 12.5. The summed E-state index contributed by atoms with van der Waals surface area (Å²) < 4.78 is 5.21. The minimum absolute atomic E-state index is 0.173. The molecule has 0 unspecified atom stereocenters. The van der Waals surface area contributed by atoms with E-state index in [-0.39, 0.29) is 5.92 Å². The van der Waals surface area contributed by atoms with Crippen LogP contribution in [-0.4, -0.2) is 28.0 Å². The number of aromatic nitrogens is 1. The predicted molar refractivity (Wildman–Crippen MR) is 78.2 cm³/mol. The van der Waals surface area contributed by atoms with Gasteiger partial charge in [0, 0.05) is 0 Å². The smallest absolute Gasteiger partial charge is 0.326 e. The number of nitrogens with zero attached hydrogens (tertiary/aromatic N) is 1. The fourth-order valence-corrected chi connectivity index (χ4v) is 2.60. The Balaban J connectivity index is 2.07. The van der Waals surface area contributed by atoms with Gasteiger partial charge in [-0.3, -0.25) is 4.79 Å². The number of hydrogen-bond acceptors (Lipinski definition) is 5. The van der Waals surface area contributed by atoms with E-state index in [9.17, 15) is 9.59 Å². The first-order chi connectivity index (χ1) is 9.97. The highest BCUT2D eigenvalue weighted by atomic mass is 32.1. The molecule has 2 aromatic heterocycles. The van der Waals surface area contributed by atoms with Crippen molar-refractivity contribution in [3.63, 3.8) is 0 Å². The van der Waals surface area contributed by atoms with Gasteiger partial charge in [-0.1, -0.05) is 13.8 Å². The summed E-state index contributed by atoms with van der Waals surface area (Å²) in [6.45, 7) is 3.81. The molecule has 6 nitrogen and oxygen atoms in total. The van der Waals surface area contributed by atoms with Gasteiger partial charge in [0.05, 0.1) is 12.5 Å². The van der Waals surface area contributed by atoms with Crippen LogP contribution in [0.5, 0.6) is 0 Å². The van der Waals surface area contributed by atoms with Crippen LogP contribution in [0.15, 0.2) is 29.0 Å². The SMILES string of the molecule is CC(C)C[C@@H](NC(=O)c1cnc(-c2ccco2)s1)C(=O)O. The van der Waals surface area contributed by atoms with Crippen LogP contribution >= 0.6 is 11.3 Å². The summed E-state index contributed by atoms with van der Waals surface area (Å²) in [4.78, 5) is 27.7. The quantitative estimate of drug-likeness (QED) is 0.855. The van der Waals surface area contributed by atoms with E-state index in [4.69, 9.17) is 9.52 Å². The number of aliphatic carboxylic acids is 1. The van der Waals surface area contributed by atoms with Crippen LogP contribution in [0.3, 0.4) is 0 Å². The Labute approximate surface area is 125 Å². The molecule has 0 radical (unpaired) electrons. The highest BCUT2D eigenvalue weighted by molar-refractivity contribution is 7.16. The van der Waals surface area contributed by atoms with E-state index in [1.807, 2.05) is 13.8 Å². The summed E-state index contributed by atoms with van der Waals surface area (Å²) in [6, 6.07) is 2.59. The van der Waals surface area contributed by atoms with Crippen LogP contribution in [0.2, 0.25) is 0 Å². The van der Waals surface area contributed by atoms with E-state index in [0.717, 1.165) is 11.3 Å². The normalized spacial score (nSPS) is 12.3. The monoisotopic (exact) mass is 308 g/mol. The van der Waals surface area contributed by atoms with Crippen LogP contribution in [0, 0.1) is 5.92 Å². The molecule has 0 bridgehead atoms. The predicted octanol–water partition coefficient (Wildman–Crippen LogP) is 2.63. The zero-order valence-electron chi connectivity index (χ0n) is 11.7. The number of amides is 1. The van der Waals surface area contributed by atoms with Crippen molar-refractivity contribution in [1.29, 1.82) is 0 Å². The first-order valence-electron chi connectivity index (χ1n) is 6.50. The molecule has 2 aromatic rings. The van der Waals surface area contributed by atoms with Crippen molar-refractivity contribution in [2.75, 3.05) is 0 Å². The van der Waals surface area contributed by atoms with Gasteiger partial charge >= 0.3 is 5.97 Å². The maximum atomic E-state index is 12.1. The highest BCUT2D eigenvalue weighted by Gasteiger charge is 2.23. The summed E-state index contributed by atoms with van der Waals surface area (Å²) in [5, 5.41) is 12.2. The second-order valence-corrected chi connectivity index (χ2v) is 6.03. The molecule has 0 saturated heterocycles. The van der Waals surface area contributed by atoms with Crippen LogP contribution in [-0.2, 0) is 4.79 Å². The Bertz CT molecular complexity index is 619. The standard InChI is InChI=1S/C14H16N2O4S/c1-8(2)6-9(14(18)19)16-12(17)11-7-15-13(21-11)10-4-3-5-20-10/h3-5,7-9H,6H2,1-2H3,(H,16,17)(H,18,19)/t9-/m1/s1.